The molecule has 20 heavy (non-hydrogen) atoms. The normalized spacial score (nSPS) is 11.9. The van der Waals surface area contributed by atoms with Crippen molar-refractivity contribution >= 4 is 11.6 Å². The van der Waals surface area contributed by atoms with Crippen LogP contribution in [0.1, 0.15) is 20.3 Å². The van der Waals surface area contributed by atoms with Gasteiger partial charge in [-0.1, -0.05) is 50.6 Å². The molecule has 2 aromatic rings. The molecule has 0 saturated heterocycles. The average molecular weight is 270 g/mol. The highest BCUT2D eigenvalue weighted by Crippen LogP contribution is 2.20. The molecule has 1 aromatic carbocycles. The molecule has 0 aliphatic carbocycles. The van der Waals surface area contributed by atoms with E-state index in [2.05, 4.69) is 34.4 Å². The molecule has 0 fully saturated rings. The number of nitrogens with zero attached hydrogens (tertiary/aromatic N) is 2. The van der Waals surface area contributed by atoms with Crippen LogP contribution in [-0.2, 0) is 0 Å². The Morgan fingerprint density at radius 2 is 1.80 bits per heavy atom. The van der Waals surface area contributed by atoms with Crippen molar-refractivity contribution in [2.75, 3.05) is 24.2 Å². The van der Waals surface area contributed by atoms with Crippen LogP contribution in [0.3, 0.4) is 0 Å². The average Bonchev–Trinajstić information content (AvgIpc) is 2.53. The smallest absolute Gasteiger partial charge is 0.163 e. The number of nitrogens with one attached hydrogen (secondary N) is 2. The van der Waals surface area contributed by atoms with E-state index >= 15 is 0 Å². The second kappa shape index (κ2) is 6.89. The van der Waals surface area contributed by atoms with Gasteiger partial charge in [0.05, 0.1) is 0 Å². The van der Waals surface area contributed by atoms with Crippen LogP contribution in [0.25, 0.3) is 11.4 Å². The third kappa shape index (κ3) is 3.70. The molecule has 0 bridgehead atoms. The maximum atomic E-state index is 4.60. The summed E-state index contributed by atoms with van der Waals surface area (Å²) in [5, 5.41) is 6.48. The second-order valence-electron chi connectivity index (χ2n) is 4.97. The van der Waals surface area contributed by atoms with Crippen molar-refractivity contribution in [3.8, 4) is 11.4 Å². The highest BCUT2D eigenvalue weighted by molar-refractivity contribution is 5.61. The fourth-order valence-corrected chi connectivity index (χ4v) is 1.81. The summed E-state index contributed by atoms with van der Waals surface area (Å²) in [6, 6.07) is 12.0. The summed E-state index contributed by atoms with van der Waals surface area (Å²) in [5.74, 6) is 3.06. The molecule has 1 atom stereocenters. The number of hydrogen-bond donors (Lipinski definition) is 2. The predicted octanol–water partition coefficient (Wildman–Crippen LogP) is 3.64. The number of anilines is 2. The molecule has 106 valence electrons. The molecule has 4 heteroatoms. The van der Waals surface area contributed by atoms with Crippen LogP contribution in [0.15, 0.2) is 36.4 Å². The molecule has 2 rings (SSSR count). The maximum Gasteiger partial charge on any atom is 0.163 e. The van der Waals surface area contributed by atoms with Crippen molar-refractivity contribution in [1.82, 2.24) is 9.97 Å². The highest BCUT2D eigenvalue weighted by Gasteiger charge is 2.07. The minimum atomic E-state index is 0.628. The SMILES string of the molecule is CCC(C)CNc1cc(NC)nc(-c2ccccc2)n1. The van der Waals surface area contributed by atoms with Crippen LogP contribution in [0.2, 0.25) is 0 Å². The zero-order valence-corrected chi connectivity index (χ0v) is 12.4. The lowest BCUT2D eigenvalue weighted by Gasteiger charge is -2.13. The van der Waals surface area contributed by atoms with Crippen molar-refractivity contribution in [1.29, 1.82) is 0 Å². The van der Waals surface area contributed by atoms with E-state index in [9.17, 15) is 0 Å². The van der Waals surface area contributed by atoms with E-state index in [1.54, 1.807) is 0 Å². The third-order valence-electron chi connectivity index (χ3n) is 3.34. The molecule has 1 aromatic heterocycles. The van der Waals surface area contributed by atoms with Gasteiger partial charge >= 0.3 is 0 Å². The molecule has 2 N–H and O–H groups in total. The van der Waals surface area contributed by atoms with Crippen LogP contribution >= 0.6 is 0 Å². The van der Waals surface area contributed by atoms with Gasteiger partial charge in [-0.15, -0.1) is 0 Å². The number of benzene rings is 1. The lowest BCUT2D eigenvalue weighted by Crippen LogP contribution is -2.12. The standard InChI is InChI=1S/C16H22N4/c1-4-12(2)11-18-15-10-14(17-3)19-16(20-15)13-8-6-5-7-9-13/h5-10,12H,4,11H2,1-3H3,(H2,17,18,19,20). The van der Waals surface area contributed by atoms with Crippen LogP contribution in [0.4, 0.5) is 11.6 Å². The van der Waals surface area contributed by atoms with E-state index in [-0.39, 0.29) is 0 Å². The van der Waals surface area contributed by atoms with Gasteiger partial charge in [-0.2, -0.15) is 0 Å². The summed E-state index contributed by atoms with van der Waals surface area (Å²) in [5.41, 5.74) is 1.02. The van der Waals surface area contributed by atoms with Gasteiger partial charge in [-0.25, -0.2) is 9.97 Å². The van der Waals surface area contributed by atoms with Crippen molar-refractivity contribution in [2.45, 2.75) is 20.3 Å². The van der Waals surface area contributed by atoms with Crippen molar-refractivity contribution in [3.05, 3.63) is 36.4 Å². The Kier molecular flexibility index (Phi) is 4.93. The van der Waals surface area contributed by atoms with Gasteiger partial charge in [-0.3, -0.25) is 0 Å². The summed E-state index contributed by atoms with van der Waals surface area (Å²) in [7, 11) is 1.87. The van der Waals surface area contributed by atoms with E-state index in [1.807, 2.05) is 43.4 Å². The van der Waals surface area contributed by atoms with Crippen LogP contribution < -0.4 is 10.6 Å². The molecule has 0 amide bonds. The van der Waals surface area contributed by atoms with Gasteiger partial charge in [0.1, 0.15) is 11.6 Å². The van der Waals surface area contributed by atoms with Crippen molar-refractivity contribution < 1.29 is 0 Å². The minimum absolute atomic E-state index is 0.628. The van der Waals surface area contributed by atoms with Crippen LogP contribution in [-0.4, -0.2) is 23.6 Å². The molecular weight excluding hydrogens is 248 g/mol. The first kappa shape index (κ1) is 14.3. The molecule has 0 aliphatic heterocycles. The lowest BCUT2D eigenvalue weighted by molar-refractivity contribution is 0.592. The topological polar surface area (TPSA) is 49.8 Å². The van der Waals surface area contributed by atoms with Gasteiger partial charge in [-0.05, 0) is 5.92 Å². The lowest BCUT2D eigenvalue weighted by atomic mass is 10.1. The van der Waals surface area contributed by atoms with Crippen LogP contribution in [0, 0.1) is 5.92 Å². The van der Waals surface area contributed by atoms with Gasteiger partial charge in [0, 0.05) is 25.2 Å². The quantitative estimate of drug-likeness (QED) is 0.841. The van der Waals surface area contributed by atoms with E-state index in [0.29, 0.717) is 5.92 Å². The highest BCUT2D eigenvalue weighted by atomic mass is 15.1. The van der Waals surface area contributed by atoms with E-state index in [0.717, 1.165) is 36.0 Å². The first-order valence-corrected chi connectivity index (χ1v) is 7.09. The molecule has 1 heterocycles. The Morgan fingerprint density at radius 3 is 2.45 bits per heavy atom. The van der Waals surface area contributed by atoms with E-state index < -0.39 is 0 Å². The second-order valence-corrected chi connectivity index (χ2v) is 4.97. The molecule has 4 nitrogen and oxygen atoms in total. The zero-order valence-electron chi connectivity index (χ0n) is 12.4. The summed E-state index contributed by atoms with van der Waals surface area (Å²) in [4.78, 5) is 9.10. The molecular formula is C16H22N4. The van der Waals surface area contributed by atoms with Gasteiger partial charge in [0.15, 0.2) is 5.82 Å². The Hall–Kier alpha value is -2.10. The zero-order chi connectivity index (χ0) is 14.4. The molecule has 0 radical (unpaired) electrons. The number of rotatable bonds is 6. The molecule has 0 saturated carbocycles. The van der Waals surface area contributed by atoms with Crippen LogP contribution in [0.5, 0.6) is 0 Å². The van der Waals surface area contributed by atoms with E-state index in [4.69, 9.17) is 0 Å². The van der Waals surface area contributed by atoms with Gasteiger partial charge < -0.3 is 10.6 Å². The molecule has 1 unspecified atom stereocenters. The van der Waals surface area contributed by atoms with Crippen molar-refractivity contribution in [3.63, 3.8) is 0 Å². The molecule has 0 spiro atoms. The van der Waals surface area contributed by atoms with Gasteiger partial charge in [0.2, 0.25) is 0 Å². The number of aromatic nitrogens is 2. The summed E-state index contributed by atoms with van der Waals surface area (Å²) in [6.07, 6.45) is 1.16. The fourth-order valence-electron chi connectivity index (χ4n) is 1.81. The molecule has 0 aliphatic rings. The first-order chi connectivity index (χ1) is 9.72. The summed E-state index contributed by atoms with van der Waals surface area (Å²) >= 11 is 0. The number of hydrogen-bond acceptors (Lipinski definition) is 4. The third-order valence-corrected chi connectivity index (χ3v) is 3.34. The minimum Gasteiger partial charge on any atom is -0.373 e. The maximum absolute atomic E-state index is 4.60. The Bertz CT molecular complexity index is 539. The van der Waals surface area contributed by atoms with Gasteiger partial charge in [0.25, 0.3) is 0 Å². The monoisotopic (exact) mass is 270 g/mol. The Balaban J connectivity index is 2.25. The fraction of sp³-hybridized carbons (Fsp3) is 0.375. The summed E-state index contributed by atoms with van der Waals surface area (Å²) < 4.78 is 0. The Labute approximate surface area is 120 Å². The largest absolute Gasteiger partial charge is 0.373 e. The first-order valence-electron chi connectivity index (χ1n) is 7.09. The summed E-state index contributed by atoms with van der Waals surface area (Å²) in [6.45, 7) is 5.34. The predicted molar refractivity (Wildman–Crippen MR) is 85.0 cm³/mol. The van der Waals surface area contributed by atoms with Crippen molar-refractivity contribution in [2.24, 2.45) is 5.92 Å². The Morgan fingerprint density at radius 1 is 1.10 bits per heavy atom. The van der Waals surface area contributed by atoms with E-state index in [1.165, 1.54) is 0 Å².